The average Bonchev–Trinajstić information content (AvgIpc) is 2.82. The number of aliphatic hydroxyl groups excluding tert-OH is 1. The Kier molecular flexibility index (Phi) is 5.02. The van der Waals surface area contributed by atoms with Gasteiger partial charge in [-0.2, -0.15) is 0 Å². The lowest BCUT2D eigenvalue weighted by Gasteiger charge is -2.21. The molecule has 1 heterocycles. The Hall–Kier alpha value is -1.81. The van der Waals surface area contributed by atoms with Crippen molar-refractivity contribution in [2.75, 3.05) is 6.61 Å². The Morgan fingerprint density at radius 1 is 1.38 bits per heavy atom. The molecule has 4 heteroatoms. The Balaban J connectivity index is 2.11. The predicted octanol–water partition coefficient (Wildman–Crippen LogP) is 2.54. The maximum absolute atomic E-state index is 12.2. The van der Waals surface area contributed by atoms with E-state index in [0.717, 1.165) is 16.5 Å². The van der Waals surface area contributed by atoms with E-state index in [4.69, 9.17) is 5.11 Å². The molecule has 1 aromatic carbocycles. The van der Waals surface area contributed by atoms with E-state index in [1.165, 1.54) is 5.56 Å². The summed E-state index contributed by atoms with van der Waals surface area (Å²) in [6.45, 7) is 6.25. The second-order valence-corrected chi connectivity index (χ2v) is 5.92. The molecule has 0 aliphatic heterocycles. The van der Waals surface area contributed by atoms with Crippen LogP contribution in [0, 0.1) is 12.8 Å². The second-order valence-electron chi connectivity index (χ2n) is 5.92. The van der Waals surface area contributed by atoms with Crippen LogP contribution in [-0.4, -0.2) is 28.6 Å². The molecule has 4 nitrogen and oxygen atoms in total. The van der Waals surface area contributed by atoms with E-state index in [-0.39, 0.29) is 18.6 Å². The third-order valence-corrected chi connectivity index (χ3v) is 3.94. The fourth-order valence-electron chi connectivity index (χ4n) is 2.73. The fraction of sp³-hybridized carbons (Fsp3) is 0.471. The molecule has 0 aliphatic rings. The zero-order valence-corrected chi connectivity index (χ0v) is 12.9. The highest BCUT2D eigenvalue weighted by atomic mass is 16.3. The van der Waals surface area contributed by atoms with Gasteiger partial charge < -0.3 is 15.4 Å². The van der Waals surface area contributed by atoms with Gasteiger partial charge in [0.25, 0.3) is 0 Å². The summed E-state index contributed by atoms with van der Waals surface area (Å²) in [4.78, 5) is 15.5. The van der Waals surface area contributed by atoms with Crippen LogP contribution in [0.4, 0.5) is 0 Å². The summed E-state index contributed by atoms with van der Waals surface area (Å²) in [6.07, 6.45) is 2.86. The van der Waals surface area contributed by atoms with Gasteiger partial charge in [-0.1, -0.05) is 26.0 Å². The molecule has 1 amide bonds. The SMILES string of the molecule is Cc1cccc2[nH]cc(CC(=O)NC(CCO)C(C)C)c12. The Morgan fingerprint density at radius 3 is 2.81 bits per heavy atom. The molecule has 0 spiro atoms. The van der Waals surface area contributed by atoms with Gasteiger partial charge in [-0.25, -0.2) is 0 Å². The number of amides is 1. The molecule has 2 aromatic rings. The summed E-state index contributed by atoms with van der Waals surface area (Å²) >= 11 is 0. The minimum Gasteiger partial charge on any atom is -0.396 e. The molecule has 1 unspecified atom stereocenters. The molecule has 21 heavy (non-hydrogen) atoms. The topological polar surface area (TPSA) is 65.1 Å². The summed E-state index contributed by atoms with van der Waals surface area (Å²) in [5, 5.41) is 13.2. The predicted molar refractivity (Wildman–Crippen MR) is 85.2 cm³/mol. The summed E-state index contributed by atoms with van der Waals surface area (Å²) < 4.78 is 0. The third-order valence-electron chi connectivity index (χ3n) is 3.94. The molecular formula is C17H24N2O2. The van der Waals surface area contributed by atoms with Crippen LogP contribution in [-0.2, 0) is 11.2 Å². The second kappa shape index (κ2) is 6.76. The zero-order chi connectivity index (χ0) is 15.4. The van der Waals surface area contributed by atoms with Crippen LogP contribution in [0.25, 0.3) is 10.9 Å². The molecule has 0 aliphatic carbocycles. The molecule has 0 bridgehead atoms. The molecule has 2 rings (SSSR count). The zero-order valence-electron chi connectivity index (χ0n) is 12.9. The average molecular weight is 288 g/mol. The van der Waals surface area contributed by atoms with Crippen LogP contribution in [0.3, 0.4) is 0 Å². The first-order valence-corrected chi connectivity index (χ1v) is 7.48. The van der Waals surface area contributed by atoms with Crippen molar-refractivity contribution in [1.29, 1.82) is 0 Å². The van der Waals surface area contributed by atoms with E-state index in [1.54, 1.807) is 0 Å². The first-order valence-electron chi connectivity index (χ1n) is 7.48. The monoisotopic (exact) mass is 288 g/mol. The lowest BCUT2D eigenvalue weighted by molar-refractivity contribution is -0.121. The maximum Gasteiger partial charge on any atom is 0.224 e. The lowest BCUT2D eigenvalue weighted by atomic mass is 10.0. The van der Waals surface area contributed by atoms with Crippen molar-refractivity contribution >= 4 is 16.8 Å². The number of aliphatic hydroxyl groups is 1. The van der Waals surface area contributed by atoms with Crippen molar-refractivity contribution in [1.82, 2.24) is 10.3 Å². The van der Waals surface area contributed by atoms with Gasteiger partial charge in [0.1, 0.15) is 0 Å². The highest BCUT2D eigenvalue weighted by molar-refractivity contribution is 5.91. The van der Waals surface area contributed by atoms with Crippen LogP contribution in [0.5, 0.6) is 0 Å². The number of benzene rings is 1. The number of carbonyl (C=O) groups is 1. The van der Waals surface area contributed by atoms with Gasteiger partial charge in [-0.3, -0.25) is 4.79 Å². The molecule has 0 radical (unpaired) electrons. The van der Waals surface area contributed by atoms with Crippen molar-refractivity contribution in [3.63, 3.8) is 0 Å². The molecule has 0 fully saturated rings. The van der Waals surface area contributed by atoms with E-state index in [0.29, 0.717) is 18.8 Å². The van der Waals surface area contributed by atoms with E-state index < -0.39 is 0 Å². The first kappa shape index (κ1) is 15.6. The number of aryl methyl sites for hydroxylation is 1. The van der Waals surface area contributed by atoms with Crippen molar-refractivity contribution < 1.29 is 9.90 Å². The molecule has 0 saturated carbocycles. The molecule has 1 aromatic heterocycles. The van der Waals surface area contributed by atoms with Crippen molar-refractivity contribution in [3.05, 3.63) is 35.5 Å². The van der Waals surface area contributed by atoms with Crippen LogP contribution < -0.4 is 5.32 Å². The van der Waals surface area contributed by atoms with Crippen LogP contribution in [0.2, 0.25) is 0 Å². The van der Waals surface area contributed by atoms with E-state index >= 15 is 0 Å². The number of hydrogen-bond acceptors (Lipinski definition) is 2. The van der Waals surface area contributed by atoms with Crippen molar-refractivity contribution in [3.8, 4) is 0 Å². The van der Waals surface area contributed by atoms with Crippen LogP contribution in [0.15, 0.2) is 24.4 Å². The van der Waals surface area contributed by atoms with Crippen LogP contribution >= 0.6 is 0 Å². The summed E-state index contributed by atoms with van der Waals surface area (Å²) in [6, 6.07) is 6.11. The minimum absolute atomic E-state index is 0.00584. The minimum atomic E-state index is 0.00584. The van der Waals surface area contributed by atoms with Crippen LogP contribution in [0.1, 0.15) is 31.4 Å². The number of rotatable bonds is 6. The number of carbonyl (C=O) groups excluding carboxylic acids is 1. The summed E-state index contributed by atoms with van der Waals surface area (Å²) in [5.74, 6) is 0.317. The Labute approximate surface area is 125 Å². The summed E-state index contributed by atoms with van der Waals surface area (Å²) in [5.41, 5.74) is 3.26. The Morgan fingerprint density at radius 2 is 2.14 bits per heavy atom. The smallest absolute Gasteiger partial charge is 0.224 e. The van der Waals surface area contributed by atoms with Gasteiger partial charge in [-0.15, -0.1) is 0 Å². The largest absolute Gasteiger partial charge is 0.396 e. The van der Waals surface area contributed by atoms with E-state index in [2.05, 4.69) is 37.1 Å². The summed E-state index contributed by atoms with van der Waals surface area (Å²) in [7, 11) is 0. The number of hydrogen-bond donors (Lipinski definition) is 3. The van der Waals surface area contributed by atoms with Gasteiger partial charge in [0.05, 0.1) is 6.42 Å². The normalized spacial score (nSPS) is 12.8. The highest BCUT2D eigenvalue weighted by Crippen LogP contribution is 2.22. The van der Waals surface area contributed by atoms with E-state index in [9.17, 15) is 4.79 Å². The number of aromatic nitrogens is 1. The van der Waals surface area contributed by atoms with Gasteiger partial charge in [0.2, 0.25) is 5.91 Å². The van der Waals surface area contributed by atoms with Crippen molar-refractivity contribution in [2.45, 2.75) is 39.7 Å². The third kappa shape index (κ3) is 3.64. The van der Waals surface area contributed by atoms with Crippen molar-refractivity contribution in [2.24, 2.45) is 5.92 Å². The Bertz CT molecular complexity index is 616. The quantitative estimate of drug-likeness (QED) is 0.765. The molecule has 1 atom stereocenters. The number of aromatic amines is 1. The highest BCUT2D eigenvalue weighted by Gasteiger charge is 2.17. The molecule has 0 saturated heterocycles. The van der Waals surface area contributed by atoms with Gasteiger partial charge >= 0.3 is 0 Å². The van der Waals surface area contributed by atoms with Gasteiger partial charge in [-0.05, 0) is 36.5 Å². The molecule has 3 N–H and O–H groups in total. The molecule has 114 valence electrons. The van der Waals surface area contributed by atoms with Gasteiger partial charge in [0.15, 0.2) is 0 Å². The molecular weight excluding hydrogens is 264 g/mol. The van der Waals surface area contributed by atoms with E-state index in [1.807, 2.05) is 18.3 Å². The fourth-order valence-corrected chi connectivity index (χ4v) is 2.73. The lowest BCUT2D eigenvalue weighted by Crippen LogP contribution is -2.40. The number of nitrogens with one attached hydrogen (secondary N) is 2. The number of fused-ring (bicyclic) bond motifs is 1. The number of H-pyrrole nitrogens is 1. The maximum atomic E-state index is 12.2. The van der Waals surface area contributed by atoms with Gasteiger partial charge in [0, 0.05) is 29.7 Å². The standard InChI is InChI=1S/C17H24N2O2/c1-11(2)14(7-8-20)19-16(21)9-13-10-18-15-6-4-5-12(3)17(13)15/h4-6,10-11,14,18,20H,7-9H2,1-3H3,(H,19,21). The first-order chi connectivity index (χ1) is 10.0.